The van der Waals surface area contributed by atoms with Crippen molar-refractivity contribution in [2.75, 3.05) is 0 Å². The van der Waals surface area contributed by atoms with Crippen molar-refractivity contribution in [1.82, 2.24) is 0 Å². The lowest BCUT2D eigenvalue weighted by Gasteiger charge is -1.97. The van der Waals surface area contributed by atoms with Crippen molar-refractivity contribution in [1.29, 1.82) is 0 Å². The molecule has 0 radical (unpaired) electrons. The van der Waals surface area contributed by atoms with Crippen LogP contribution in [0.4, 0.5) is 0 Å². The van der Waals surface area contributed by atoms with Crippen LogP contribution in [-0.4, -0.2) is 17.1 Å². The van der Waals surface area contributed by atoms with E-state index in [1.54, 1.807) is 0 Å². The highest BCUT2D eigenvalue weighted by Gasteiger charge is 2.07. The van der Waals surface area contributed by atoms with Crippen LogP contribution in [0, 0.1) is 9.85 Å². The molecule has 0 bridgehead atoms. The number of halogens is 1. The number of nitrogens with two attached hydrogens (primary N) is 1. The van der Waals surface area contributed by atoms with Gasteiger partial charge in [0.15, 0.2) is 0 Å². The van der Waals surface area contributed by atoms with Gasteiger partial charge in [-0.05, 0) is 3.93 Å². The zero-order chi connectivity index (χ0) is 7.28. The third kappa shape index (κ3) is 4.24. The molecule has 0 saturated carbocycles. The summed E-state index contributed by atoms with van der Waals surface area (Å²) in [5.74, 6) is 1.55. The Balaban J connectivity index is 3.59. The van der Waals surface area contributed by atoms with Crippen molar-refractivity contribution < 1.29 is 9.90 Å². The van der Waals surface area contributed by atoms with E-state index in [1.807, 2.05) is 22.6 Å². The van der Waals surface area contributed by atoms with Gasteiger partial charge >= 0.3 is 5.97 Å². The summed E-state index contributed by atoms with van der Waals surface area (Å²) in [6.45, 7) is 0. The summed E-state index contributed by atoms with van der Waals surface area (Å²) in [6.07, 6.45) is 0.221. The van der Waals surface area contributed by atoms with Gasteiger partial charge in [-0.1, -0.05) is 5.92 Å². The Kier molecular flexibility index (Phi) is 4.44. The first-order chi connectivity index (χ1) is 4.18. The first kappa shape index (κ1) is 8.72. The van der Waals surface area contributed by atoms with Gasteiger partial charge in [0.2, 0.25) is 0 Å². The van der Waals surface area contributed by atoms with Gasteiger partial charge in [-0.2, -0.15) is 0 Å². The molecule has 0 aliphatic heterocycles. The maximum atomic E-state index is 10.0. The fourth-order valence-corrected chi connectivity index (χ4v) is 0.456. The molecule has 0 aromatic rings. The summed E-state index contributed by atoms with van der Waals surface area (Å²) < 4.78 is 2.53. The molecule has 0 aliphatic carbocycles. The van der Waals surface area contributed by atoms with Gasteiger partial charge < -0.3 is 10.8 Å². The molecule has 0 amide bonds. The van der Waals surface area contributed by atoms with Gasteiger partial charge in [0.05, 0.1) is 0 Å². The lowest BCUT2D eigenvalue weighted by molar-refractivity contribution is -0.138. The van der Waals surface area contributed by atoms with Crippen LogP contribution < -0.4 is 5.73 Å². The number of hydrogen-bond acceptors (Lipinski definition) is 2. The molecular formula is C5H6INO2. The molecule has 0 aromatic carbocycles. The molecule has 0 rings (SSSR count). The summed E-state index contributed by atoms with van der Waals surface area (Å²) in [4.78, 5) is 10.0. The lowest BCUT2D eigenvalue weighted by Crippen LogP contribution is -2.29. The number of carboxylic acid groups (broad SMARTS) is 1. The minimum absolute atomic E-state index is 0.221. The van der Waals surface area contributed by atoms with E-state index in [2.05, 4.69) is 9.85 Å². The molecule has 3 nitrogen and oxygen atoms in total. The highest BCUT2D eigenvalue weighted by Crippen LogP contribution is 1.85. The van der Waals surface area contributed by atoms with Gasteiger partial charge in [0.25, 0.3) is 0 Å². The largest absolute Gasteiger partial charge is 0.480 e. The highest BCUT2D eigenvalue weighted by molar-refractivity contribution is 14.1. The molecule has 1 atom stereocenters. The van der Waals surface area contributed by atoms with Crippen LogP contribution in [0.15, 0.2) is 0 Å². The monoisotopic (exact) mass is 239 g/mol. The minimum atomic E-state index is -1.01. The number of aliphatic carboxylic acids is 1. The maximum absolute atomic E-state index is 10.0. The second kappa shape index (κ2) is 4.58. The fraction of sp³-hybridized carbons (Fsp3) is 0.400. The van der Waals surface area contributed by atoms with Gasteiger partial charge in [-0.25, -0.2) is 0 Å². The summed E-state index contributed by atoms with van der Waals surface area (Å²) in [5, 5.41) is 8.21. The van der Waals surface area contributed by atoms with E-state index in [0.717, 1.165) is 0 Å². The number of hydrogen-bond donors (Lipinski definition) is 2. The zero-order valence-corrected chi connectivity index (χ0v) is 6.75. The predicted molar refractivity (Wildman–Crippen MR) is 42.0 cm³/mol. The van der Waals surface area contributed by atoms with Crippen LogP contribution in [0.3, 0.4) is 0 Å². The summed E-state index contributed by atoms with van der Waals surface area (Å²) in [5.41, 5.74) is 5.10. The van der Waals surface area contributed by atoms with E-state index in [4.69, 9.17) is 10.8 Å². The van der Waals surface area contributed by atoms with E-state index < -0.39 is 12.0 Å². The quantitative estimate of drug-likeness (QED) is 0.533. The normalized spacial score (nSPS) is 11.3. The van der Waals surface area contributed by atoms with E-state index in [0.29, 0.717) is 0 Å². The second-order valence-electron chi connectivity index (χ2n) is 1.42. The Morgan fingerprint density at radius 3 is 2.78 bits per heavy atom. The summed E-state index contributed by atoms with van der Waals surface area (Å²) >= 11 is 1.83. The Morgan fingerprint density at radius 1 is 1.89 bits per heavy atom. The molecule has 3 N–H and O–H groups in total. The molecule has 0 fully saturated rings. The van der Waals surface area contributed by atoms with Crippen LogP contribution in [0.1, 0.15) is 6.42 Å². The molecular weight excluding hydrogens is 233 g/mol. The van der Waals surface area contributed by atoms with Crippen LogP contribution >= 0.6 is 22.6 Å². The Labute approximate surface area is 66.8 Å². The van der Waals surface area contributed by atoms with E-state index in [9.17, 15) is 4.79 Å². The Hall–Kier alpha value is -0.280. The van der Waals surface area contributed by atoms with E-state index in [-0.39, 0.29) is 6.42 Å². The van der Waals surface area contributed by atoms with Crippen molar-refractivity contribution in [3.05, 3.63) is 0 Å². The van der Waals surface area contributed by atoms with Crippen LogP contribution in [0.5, 0.6) is 0 Å². The molecule has 4 heteroatoms. The second-order valence-corrected chi connectivity index (χ2v) is 1.96. The SMILES string of the molecule is NC(CC#CI)C(=O)O. The first-order valence-electron chi connectivity index (χ1n) is 2.25. The van der Waals surface area contributed by atoms with E-state index in [1.165, 1.54) is 0 Å². The molecule has 0 aromatic heterocycles. The van der Waals surface area contributed by atoms with Gasteiger partial charge in [0.1, 0.15) is 6.04 Å². The van der Waals surface area contributed by atoms with E-state index >= 15 is 0 Å². The first-order valence-corrected chi connectivity index (χ1v) is 3.33. The average molecular weight is 239 g/mol. The molecule has 0 saturated heterocycles. The number of carboxylic acids is 1. The minimum Gasteiger partial charge on any atom is -0.480 e. The molecule has 1 unspecified atom stereocenters. The highest BCUT2D eigenvalue weighted by atomic mass is 127. The molecule has 0 spiro atoms. The smallest absolute Gasteiger partial charge is 0.321 e. The van der Waals surface area contributed by atoms with Crippen molar-refractivity contribution in [2.45, 2.75) is 12.5 Å². The lowest BCUT2D eigenvalue weighted by atomic mass is 10.2. The standard InChI is InChI=1S/C5H6INO2/c6-3-1-2-4(7)5(8)9/h4H,2,7H2,(H,8,9). The maximum Gasteiger partial charge on any atom is 0.321 e. The Morgan fingerprint density at radius 2 is 2.44 bits per heavy atom. The number of carbonyl (C=O) groups is 1. The van der Waals surface area contributed by atoms with Crippen molar-refractivity contribution >= 4 is 28.6 Å². The third-order valence-electron chi connectivity index (χ3n) is 0.706. The van der Waals surface area contributed by atoms with Crippen molar-refractivity contribution in [3.8, 4) is 9.85 Å². The molecule has 50 valence electrons. The zero-order valence-electron chi connectivity index (χ0n) is 4.60. The molecule has 9 heavy (non-hydrogen) atoms. The Bertz CT molecular complexity index is 158. The summed E-state index contributed by atoms with van der Waals surface area (Å²) in [6, 6.07) is -0.840. The van der Waals surface area contributed by atoms with Gasteiger partial charge in [-0.3, -0.25) is 4.79 Å². The molecule has 0 aliphatic rings. The van der Waals surface area contributed by atoms with Crippen molar-refractivity contribution in [2.24, 2.45) is 5.73 Å². The van der Waals surface area contributed by atoms with Gasteiger partial charge in [-0.15, -0.1) is 0 Å². The van der Waals surface area contributed by atoms with Gasteiger partial charge in [0, 0.05) is 29.0 Å². The van der Waals surface area contributed by atoms with Crippen LogP contribution in [0.2, 0.25) is 0 Å². The predicted octanol–water partition coefficient (Wildman–Crippen LogP) is 0.184. The topological polar surface area (TPSA) is 63.3 Å². The summed E-state index contributed by atoms with van der Waals surface area (Å²) in [7, 11) is 0. The van der Waals surface area contributed by atoms with Crippen LogP contribution in [-0.2, 0) is 4.79 Å². The third-order valence-corrected chi connectivity index (χ3v) is 1.09. The number of rotatable bonds is 2. The van der Waals surface area contributed by atoms with Crippen molar-refractivity contribution in [3.63, 3.8) is 0 Å². The average Bonchev–Trinajstić information content (AvgIpc) is 1.82. The fourth-order valence-electron chi connectivity index (χ4n) is 0.236. The van der Waals surface area contributed by atoms with Crippen LogP contribution in [0.25, 0.3) is 0 Å². The molecule has 0 heterocycles.